The Balaban J connectivity index is 0.00000115. The Bertz CT molecular complexity index is 1130. The summed E-state index contributed by atoms with van der Waals surface area (Å²) in [6.07, 6.45) is 7.04. The molecule has 1 saturated heterocycles. The number of morpholine rings is 1. The molecule has 36 heavy (non-hydrogen) atoms. The van der Waals surface area contributed by atoms with Crippen molar-refractivity contribution in [3.8, 4) is 11.3 Å². The maximum atomic E-state index is 14.8. The van der Waals surface area contributed by atoms with E-state index < -0.39 is 5.82 Å². The molecule has 2 atom stereocenters. The molecule has 9 nitrogen and oxygen atoms in total. The van der Waals surface area contributed by atoms with Crippen LogP contribution in [0.3, 0.4) is 0 Å². The van der Waals surface area contributed by atoms with Crippen LogP contribution < -0.4 is 16.1 Å². The van der Waals surface area contributed by atoms with Gasteiger partial charge in [-0.05, 0) is 50.9 Å². The number of rotatable bonds is 7. The Morgan fingerprint density at radius 3 is 2.69 bits per heavy atom. The van der Waals surface area contributed by atoms with Crippen LogP contribution in [0.25, 0.3) is 11.3 Å². The quantitative estimate of drug-likeness (QED) is 0.273. The summed E-state index contributed by atoms with van der Waals surface area (Å²) in [6, 6.07) is 4.91. The summed E-state index contributed by atoms with van der Waals surface area (Å²) in [5.41, 5.74) is 9.23. The topological polar surface area (TPSA) is 121 Å². The highest BCUT2D eigenvalue weighted by atomic mass is 35.5. The predicted octanol–water partition coefficient (Wildman–Crippen LogP) is 4.25. The van der Waals surface area contributed by atoms with Crippen molar-refractivity contribution in [2.75, 3.05) is 31.3 Å². The largest absolute Gasteiger partial charge is 0.404 e. The van der Waals surface area contributed by atoms with Gasteiger partial charge >= 0.3 is 0 Å². The zero-order valence-electron chi connectivity index (χ0n) is 20.5. The van der Waals surface area contributed by atoms with Crippen LogP contribution in [0.5, 0.6) is 0 Å². The van der Waals surface area contributed by atoms with E-state index in [1.165, 1.54) is 31.1 Å². The van der Waals surface area contributed by atoms with Gasteiger partial charge in [0.1, 0.15) is 11.9 Å². The smallest absolute Gasteiger partial charge is 0.228 e. The second-order valence-electron chi connectivity index (χ2n) is 8.25. The molecule has 194 valence electrons. The maximum Gasteiger partial charge on any atom is 0.228 e. The van der Waals surface area contributed by atoms with Crippen LogP contribution in [0.15, 0.2) is 44.9 Å². The molecule has 4 N–H and O–H groups in total. The fourth-order valence-electron chi connectivity index (χ4n) is 3.68. The van der Waals surface area contributed by atoms with Gasteiger partial charge in [0.2, 0.25) is 5.95 Å². The molecule has 2 aromatic rings. The number of aromatic nitrogens is 2. The molecule has 1 aromatic heterocycles. The summed E-state index contributed by atoms with van der Waals surface area (Å²) in [4.78, 5) is 20.7. The molecular weight excluding hydrogens is 505 g/mol. The molecule has 0 amide bonds. The molecule has 2 unspecified atom stereocenters. The predicted molar refractivity (Wildman–Crippen MR) is 145 cm³/mol. The second-order valence-corrected chi connectivity index (χ2v) is 9.50. The molecule has 0 radical (unpaired) electrons. The average molecular weight is 536 g/mol. The Morgan fingerprint density at radius 1 is 1.39 bits per heavy atom. The number of nitrogens with two attached hydrogens (primary N) is 1. The van der Waals surface area contributed by atoms with Crippen molar-refractivity contribution < 1.29 is 14.3 Å². The number of hydrogen-bond acceptors (Lipinski definition) is 10. The zero-order valence-corrected chi connectivity index (χ0v) is 22.1. The standard InChI is InChI=1S/C23H26ClFN6OS.CH5NO/c1-13-11-31(12-19(32-13)14(9-26)10-28-16-5-6-16)23-29-20(21(33-3)22(27-2)30-23)17-7-4-15(24)8-18(17)25;1-2-3/h4,7-10,13,16,19H,2,5-6,11-12,26H2,1,3H3;2-3H,1H3/b14-9+,28-10?;. The van der Waals surface area contributed by atoms with Gasteiger partial charge in [0.25, 0.3) is 0 Å². The van der Waals surface area contributed by atoms with Gasteiger partial charge < -0.3 is 20.6 Å². The lowest BCUT2D eigenvalue weighted by atomic mass is 10.1. The Morgan fingerprint density at radius 2 is 2.11 bits per heavy atom. The number of thioether (sulfide) groups is 1. The molecule has 1 aromatic carbocycles. The lowest BCUT2D eigenvalue weighted by molar-refractivity contribution is 0.00664. The van der Waals surface area contributed by atoms with Crippen molar-refractivity contribution >= 4 is 48.1 Å². The summed E-state index contributed by atoms with van der Waals surface area (Å²) in [5, 5.41) is 7.64. The van der Waals surface area contributed by atoms with Crippen LogP contribution >= 0.6 is 23.4 Å². The van der Waals surface area contributed by atoms with Gasteiger partial charge in [0.15, 0.2) is 5.82 Å². The number of nitrogens with zero attached hydrogens (tertiary/aromatic N) is 5. The van der Waals surface area contributed by atoms with E-state index in [1.807, 2.05) is 24.3 Å². The van der Waals surface area contributed by atoms with Crippen LogP contribution in [0, 0.1) is 5.82 Å². The van der Waals surface area contributed by atoms with E-state index >= 15 is 0 Å². The number of hydroxylamine groups is 1. The monoisotopic (exact) mass is 535 g/mol. The first-order valence-corrected chi connectivity index (χ1v) is 13.0. The molecule has 0 spiro atoms. The number of ether oxygens (including phenoxy) is 1. The number of anilines is 1. The van der Waals surface area contributed by atoms with Crippen molar-refractivity contribution in [2.45, 2.75) is 42.9 Å². The number of halogens is 2. The number of nitrogens with one attached hydrogen (secondary N) is 1. The maximum absolute atomic E-state index is 14.8. The highest BCUT2D eigenvalue weighted by Gasteiger charge is 2.31. The molecule has 2 aliphatic rings. The molecule has 1 saturated carbocycles. The van der Waals surface area contributed by atoms with Crippen LogP contribution in [0.2, 0.25) is 5.02 Å². The minimum atomic E-state index is -0.463. The summed E-state index contributed by atoms with van der Waals surface area (Å²) in [7, 11) is 1.43. The lowest BCUT2D eigenvalue weighted by Crippen LogP contribution is -2.48. The van der Waals surface area contributed by atoms with Gasteiger partial charge in [-0.15, -0.1) is 11.8 Å². The molecule has 0 bridgehead atoms. The van der Waals surface area contributed by atoms with Gasteiger partial charge in [-0.25, -0.2) is 19.8 Å². The van der Waals surface area contributed by atoms with E-state index in [-0.39, 0.29) is 12.2 Å². The first-order valence-electron chi connectivity index (χ1n) is 11.4. The van der Waals surface area contributed by atoms with E-state index in [1.54, 1.807) is 17.6 Å². The van der Waals surface area contributed by atoms with E-state index in [4.69, 9.17) is 32.3 Å². The molecule has 1 aliphatic heterocycles. The van der Waals surface area contributed by atoms with Gasteiger partial charge in [0, 0.05) is 42.2 Å². The van der Waals surface area contributed by atoms with Crippen molar-refractivity contribution in [3.63, 3.8) is 0 Å². The van der Waals surface area contributed by atoms with E-state index in [0.29, 0.717) is 52.1 Å². The van der Waals surface area contributed by atoms with Gasteiger partial charge in [-0.1, -0.05) is 11.6 Å². The molecule has 1 aliphatic carbocycles. The van der Waals surface area contributed by atoms with Crippen molar-refractivity contribution in [2.24, 2.45) is 15.7 Å². The van der Waals surface area contributed by atoms with Gasteiger partial charge in [-0.3, -0.25) is 4.99 Å². The third-order valence-electron chi connectivity index (χ3n) is 5.46. The summed E-state index contributed by atoms with van der Waals surface area (Å²) in [5.74, 6) is 0.364. The van der Waals surface area contributed by atoms with Gasteiger partial charge in [-0.2, -0.15) is 4.98 Å². The minimum Gasteiger partial charge on any atom is -0.404 e. The first-order chi connectivity index (χ1) is 17.3. The third-order valence-corrected chi connectivity index (χ3v) is 6.48. The Labute approximate surface area is 219 Å². The fraction of sp³-hybridized carbons (Fsp3) is 0.417. The SMILES string of the molecule is C=Nc1nc(N2CC(C)OC(/C(C=NC3CC3)=C/N)C2)nc(-c2ccc(Cl)cc2F)c1SC.CNO. The van der Waals surface area contributed by atoms with Crippen molar-refractivity contribution in [1.82, 2.24) is 15.4 Å². The van der Waals surface area contributed by atoms with Crippen molar-refractivity contribution in [1.29, 1.82) is 0 Å². The molecular formula is C24H31ClFN7O2S. The fourth-order valence-corrected chi connectivity index (χ4v) is 4.48. The minimum absolute atomic E-state index is 0.104. The molecule has 2 heterocycles. The molecule has 12 heteroatoms. The van der Waals surface area contributed by atoms with Crippen LogP contribution in [0.1, 0.15) is 19.8 Å². The van der Waals surface area contributed by atoms with Crippen molar-refractivity contribution in [3.05, 3.63) is 40.8 Å². The summed E-state index contributed by atoms with van der Waals surface area (Å²) in [6.45, 7) is 6.68. The molecule has 2 fully saturated rings. The molecule has 4 rings (SSSR count). The summed E-state index contributed by atoms with van der Waals surface area (Å²) < 4.78 is 21.0. The van der Waals surface area contributed by atoms with Crippen LogP contribution in [0.4, 0.5) is 16.2 Å². The number of aliphatic imine (C=N–C) groups is 2. The van der Waals surface area contributed by atoms with Gasteiger partial charge in [0.05, 0.1) is 29.3 Å². The Hall–Kier alpha value is -2.57. The normalized spacial score (nSPS) is 20.3. The zero-order chi connectivity index (χ0) is 26.2. The first kappa shape index (κ1) is 28.0. The summed E-state index contributed by atoms with van der Waals surface area (Å²) >= 11 is 7.35. The highest BCUT2D eigenvalue weighted by Crippen LogP contribution is 2.38. The lowest BCUT2D eigenvalue weighted by Gasteiger charge is -2.37. The average Bonchev–Trinajstić information content (AvgIpc) is 3.68. The second kappa shape index (κ2) is 13.1. The van der Waals surface area contributed by atoms with E-state index in [0.717, 1.165) is 18.4 Å². The van der Waals surface area contributed by atoms with Crippen LogP contribution in [-0.4, -0.2) is 72.8 Å². The van der Waals surface area contributed by atoms with E-state index in [9.17, 15) is 4.39 Å². The van der Waals surface area contributed by atoms with E-state index in [2.05, 4.69) is 21.7 Å². The van der Waals surface area contributed by atoms with Crippen LogP contribution in [-0.2, 0) is 4.74 Å². The third kappa shape index (κ3) is 7.01. The highest BCUT2D eigenvalue weighted by molar-refractivity contribution is 7.98. The Kier molecular flexibility index (Phi) is 10.2. The number of hydrogen-bond donors (Lipinski definition) is 3. The number of benzene rings is 1.